The van der Waals surface area contributed by atoms with Crippen molar-refractivity contribution in [3.63, 3.8) is 0 Å². The van der Waals surface area contributed by atoms with E-state index in [1.807, 2.05) is 17.0 Å². The molecule has 2 fully saturated rings. The average molecular weight is 318 g/mol. The highest BCUT2D eigenvalue weighted by molar-refractivity contribution is 5.77. The molecule has 0 aromatic carbocycles. The summed E-state index contributed by atoms with van der Waals surface area (Å²) in [6.07, 6.45) is 9.82. The first-order valence-electron chi connectivity index (χ1n) is 8.75. The van der Waals surface area contributed by atoms with Crippen LogP contribution < -0.4 is 5.32 Å². The SMILES string of the molecule is O=C(COC1CCCCC1)N1CCC(Nc2cccnn2)CC1. The molecule has 1 amide bonds. The molecule has 2 heterocycles. The number of rotatable bonds is 5. The van der Waals surface area contributed by atoms with Gasteiger partial charge in [-0.25, -0.2) is 0 Å². The second-order valence-electron chi connectivity index (χ2n) is 6.48. The van der Waals surface area contributed by atoms with Gasteiger partial charge in [-0.3, -0.25) is 4.79 Å². The highest BCUT2D eigenvalue weighted by Gasteiger charge is 2.24. The molecule has 0 bridgehead atoms. The average Bonchev–Trinajstić information content (AvgIpc) is 2.62. The van der Waals surface area contributed by atoms with Gasteiger partial charge in [-0.2, -0.15) is 5.10 Å². The topological polar surface area (TPSA) is 67.3 Å². The van der Waals surface area contributed by atoms with E-state index in [0.29, 0.717) is 12.1 Å². The lowest BCUT2D eigenvalue weighted by atomic mass is 9.98. The van der Waals surface area contributed by atoms with Crippen molar-refractivity contribution >= 4 is 11.7 Å². The smallest absolute Gasteiger partial charge is 0.248 e. The number of amides is 1. The van der Waals surface area contributed by atoms with Gasteiger partial charge in [0.2, 0.25) is 5.91 Å². The Kier molecular flexibility index (Phi) is 5.80. The second-order valence-corrected chi connectivity index (χ2v) is 6.48. The fraction of sp³-hybridized carbons (Fsp3) is 0.706. The molecular weight excluding hydrogens is 292 g/mol. The van der Waals surface area contributed by atoms with Gasteiger partial charge in [0.15, 0.2) is 0 Å². The minimum atomic E-state index is 0.133. The third-order valence-electron chi connectivity index (χ3n) is 4.77. The van der Waals surface area contributed by atoms with E-state index in [1.165, 1.54) is 19.3 Å². The summed E-state index contributed by atoms with van der Waals surface area (Å²) in [5, 5.41) is 11.3. The predicted octanol–water partition coefficient (Wildman–Crippen LogP) is 2.23. The third kappa shape index (κ3) is 4.89. The van der Waals surface area contributed by atoms with Gasteiger partial charge in [0.05, 0.1) is 6.10 Å². The minimum Gasteiger partial charge on any atom is -0.368 e. The first-order valence-corrected chi connectivity index (χ1v) is 8.75. The summed E-state index contributed by atoms with van der Waals surface area (Å²) >= 11 is 0. The van der Waals surface area contributed by atoms with Crippen LogP contribution in [0.2, 0.25) is 0 Å². The van der Waals surface area contributed by atoms with E-state index in [2.05, 4.69) is 15.5 Å². The Morgan fingerprint density at radius 1 is 1.22 bits per heavy atom. The largest absolute Gasteiger partial charge is 0.368 e. The Balaban J connectivity index is 1.37. The van der Waals surface area contributed by atoms with Gasteiger partial charge in [-0.1, -0.05) is 19.3 Å². The lowest BCUT2D eigenvalue weighted by molar-refractivity contribution is -0.139. The van der Waals surface area contributed by atoms with Crippen molar-refractivity contribution in [1.29, 1.82) is 0 Å². The second kappa shape index (κ2) is 8.24. The molecule has 0 radical (unpaired) electrons. The normalized spacial score (nSPS) is 20.4. The van der Waals surface area contributed by atoms with Crippen molar-refractivity contribution in [2.75, 3.05) is 25.0 Å². The molecule has 1 aliphatic carbocycles. The van der Waals surface area contributed by atoms with Gasteiger partial charge in [0.25, 0.3) is 0 Å². The highest BCUT2D eigenvalue weighted by atomic mass is 16.5. The quantitative estimate of drug-likeness (QED) is 0.902. The van der Waals surface area contributed by atoms with E-state index in [-0.39, 0.29) is 12.5 Å². The van der Waals surface area contributed by atoms with E-state index in [1.54, 1.807) is 6.20 Å². The standard InChI is InChI=1S/C17H26N4O2/c22-17(13-23-15-5-2-1-3-6-15)21-11-8-14(9-12-21)19-16-7-4-10-18-20-16/h4,7,10,14-15H,1-3,5-6,8-9,11-13H2,(H,19,20). The number of nitrogens with zero attached hydrogens (tertiary/aromatic N) is 3. The molecule has 0 atom stereocenters. The Hall–Kier alpha value is -1.69. The predicted molar refractivity (Wildman–Crippen MR) is 88.1 cm³/mol. The van der Waals surface area contributed by atoms with Crippen LogP contribution >= 0.6 is 0 Å². The third-order valence-corrected chi connectivity index (χ3v) is 4.77. The number of piperidine rings is 1. The van der Waals surface area contributed by atoms with Gasteiger partial charge in [-0.15, -0.1) is 5.10 Å². The van der Waals surface area contributed by atoms with Gasteiger partial charge < -0.3 is 15.0 Å². The fourth-order valence-corrected chi connectivity index (χ4v) is 3.37. The number of nitrogens with one attached hydrogen (secondary N) is 1. The maximum atomic E-state index is 12.3. The van der Waals surface area contributed by atoms with Crippen LogP contribution in [0.25, 0.3) is 0 Å². The summed E-state index contributed by atoms with van der Waals surface area (Å²) in [5.41, 5.74) is 0. The molecule has 6 nitrogen and oxygen atoms in total. The molecule has 1 saturated carbocycles. The molecule has 0 unspecified atom stereocenters. The van der Waals surface area contributed by atoms with Crippen molar-refractivity contribution in [2.45, 2.75) is 57.1 Å². The van der Waals surface area contributed by atoms with Crippen LogP contribution in [0.5, 0.6) is 0 Å². The van der Waals surface area contributed by atoms with Gasteiger partial charge in [-0.05, 0) is 37.8 Å². The Bertz CT molecular complexity index is 483. The van der Waals surface area contributed by atoms with Crippen molar-refractivity contribution in [3.05, 3.63) is 18.3 Å². The molecule has 1 aromatic rings. The number of likely N-dealkylation sites (tertiary alicyclic amines) is 1. The summed E-state index contributed by atoms with van der Waals surface area (Å²) in [4.78, 5) is 14.2. The molecular formula is C17H26N4O2. The zero-order valence-electron chi connectivity index (χ0n) is 13.6. The van der Waals surface area contributed by atoms with Gasteiger partial charge in [0.1, 0.15) is 12.4 Å². The fourth-order valence-electron chi connectivity index (χ4n) is 3.37. The maximum absolute atomic E-state index is 12.3. The number of carbonyl (C=O) groups excluding carboxylic acids is 1. The Labute approximate surface area is 137 Å². The molecule has 3 rings (SSSR count). The number of anilines is 1. The molecule has 6 heteroatoms. The molecule has 23 heavy (non-hydrogen) atoms. The zero-order valence-corrected chi connectivity index (χ0v) is 13.6. The lowest BCUT2D eigenvalue weighted by Gasteiger charge is -2.33. The summed E-state index contributed by atoms with van der Waals surface area (Å²) in [5.74, 6) is 0.937. The Morgan fingerprint density at radius 2 is 2.00 bits per heavy atom. The summed E-state index contributed by atoms with van der Waals surface area (Å²) in [6.45, 7) is 1.81. The van der Waals surface area contributed by atoms with Crippen LogP contribution in [0.15, 0.2) is 18.3 Å². The number of hydrogen-bond donors (Lipinski definition) is 1. The molecule has 126 valence electrons. The number of aromatic nitrogens is 2. The first kappa shape index (κ1) is 16.2. The van der Waals surface area contributed by atoms with Gasteiger partial charge in [0, 0.05) is 25.3 Å². The lowest BCUT2D eigenvalue weighted by Crippen LogP contribution is -2.44. The molecule has 2 aliphatic rings. The van der Waals surface area contributed by atoms with Crippen LogP contribution in [0.4, 0.5) is 5.82 Å². The van der Waals surface area contributed by atoms with Crippen LogP contribution in [0.1, 0.15) is 44.9 Å². The van der Waals surface area contributed by atoms with Crippen molar-refractivity contribution < 1.29 is 9.53 Å². The van der Waals surface area contributed by atoms with E-state index in [4.69, 9.17) is 4.74 Å². The Morgan fingerprint density at radius 3 is 2.70 bits per heavy atom. The molecule has 1 saturated heterocycles. The highest BCUT2D eigenvalue weighted by Crippen LogP contribution is 2.20. The van der Waals surface area contributed by atoms with Crippen molar-refractivity contribution in [3.8, 4) is 0 Å². The van der Waals surface area contributed by atoms with Gasteiger partial charge >= 0.3 is 0 Å². The van der Waals surface area contributed by atoms with Crippen LogP contribution in [0.3, 0.4) is 0 Å². The minimum absolute atomic E-state index is 0.133. The summed E-state index contributed by atoms with van der Waals surface area (Å²) in [7, 11) is 0. The number of ether oxygens (including phenoxy) is 1. The maximum Gasteiger partial charge on any atom is 0.248 e. The van der Waals surface area contributed by atoms with Crippen LogP contribution in [-0.4, -0.2) is 52.8 Å². The molecule has 1 aliphatic heterocycles. The van der Waals surface area contributed by atoms with E-state index >= 15 is 0 Å². The monoisotopic (exact) mass is 318 g/mol. The number of carbonyl (C=O) groups is 1. The van der Waals surface area contributed by atoms with E-state index in [9.17, 15) is 4.79 Å². The van der Waals surface area contributed by atoms with Crippen LogP contribution in [0, 0.1) is 0 Å². The summed E-state index contributed by atoms with van der Waals surface area (Å²) in [6, 6.07) is 4.15. The molecule has 1 N–H and O–H groups in total. The van der Waals surface area contributed by atoms with Crippen LogP contribution in [-0.2, 0) is 9.53 Å². The van der Waals surface area contributed by atoms with E-state index < -0.39 is 0 Å². The molecule has 0 spiro atoms. The summed E-state index contributed by atoms with van der Waals surface area (Å²) < 4.78 is 5.80. The zero-order chi connectivity index (χ0) is 15.9. The van der Waals surface area contributed by atoms with E-state index in [0.717, 1.165) is 44.6 Å². The van der Waals surface area contributed by atoms with Crippen molar-refractivity contribution in [2.24, 2.45) is 0 Å². The van der Waals surface area contributed by atoms with Crippen molar-refractivity contribution in [1.82, 2.24) is 15.1 Å². The number of hydrogen-bond acceptors (Lipinski definition) is 5. The molecule has 1 aromatic heterocycles. The first-order chi connectivity index (χ1) is 11.3.